The molecule has 0 saturated heterocycles. The summed E-state index contributed by atoms with van der Waals surface area (Å²) in [5.41, 5.74) is 1.12. The van der Waals surface area contributed by atoms with Gasteiger partial charge in [-0.25, -0.2) is 0 Å². The van der Waals surface area contributed by atoms with Crippen LogP contribution in [0.2, 0.25) is 0 Å². The summed E-state index contributed by atoms with van der Waals surface area (Å²) in [6, 6.07) is 6.37. The van der Waals surface area contributed by atoms with Gasteiger partial charge < -0.3 is 25.0 Å². The summed E-state index contributed by atoms with van der Waals surface area (Å²) < 4.78 is 11.0. The topological polar surface area (TPSA) is 58.1 Å². The molecule has 0 radical (unpaired) electrons. The maximum atomic E-state index is 5.57. The molecule has 2 N–H and O–H groups in total. The molecule has 0 spiro atoms. The van der Waals surface area contributed by atoms with Gasteiger partial charge in [0.05, 0.1) is 13.7 Å². The average molecular weight is 506 g/mol. The number of nitrogens with one attached hydrogen (secondary N) is 2. The van der Waals surface area contributed by atoms with Gasteiger partial charge in [0.15, 0.2) is 17.5 Å². The predicted molar refractivity (Wildman–Crippen MR) is 129 cm³/mol. The van der Waals surface area contributed by atoms with Crippen molar-refractivity contribution in [3.63, 3.8) is 0 Å². The van der Waals surface area contributed by atoms with Gasteiger partial charge in [-0.2, -0.15) is 0 Å². The van der Waals surface area contributed by atoms with Gasteiger partial charge in [0.25, 0.3) is 0 Å². The van der Waals surface area contributed by atoms with Crippen molar-refractivity contribution in [2.75, 3.05) is 40.4 Å². The minimum atomic E-state index is 0. The Morgan fingerprint density at radius 2 is 1.89 bits per heavy atom. The molecule has 0 amide bonds. The normalized spacial score (nSPS) is 12.3. The van der Waals surface area contributed by atoms with E-state index < -0.39 is 0 Å². The van der Waals surface area contributed by atoms with Crippen molar-refractivity contribution in [3.05, 3.63) is 23.8 Å². The van der Waals surface area contributed by atoms with Crippen LogP contribution in [0.25, 0.3) is 0 Å². The van der Waals surface area contributed by atoms with Crippen molar-refractivity contribution in [2.24, 2.45) is 4.99 Å². The first-order valence-corrected chi connectivity index (χ1v) is 10.1. The minimum Gasteiger partial charge on any atom is -0.493 e. The largest absolute Gasteiger partial charge is 0.493 e. The lowest BCUT2D eigenvalue weighted by Gasteiger charge is -2.21. The maximum absolute atomic E-state index is 5.57. The summed E-state index contributed by atoms with van der Waals surface area (Å²) >= 11 is 0. The first-order chi connectivity index (χ1) is 13.1. The minimum absolute atomic E-state index is 0. The molecule has 0 saturated carbocycles. The van der Waals surface area contributed by atoms with Gasteiger partial charge in [0, 0.05) is 19.6 Å². The second kappa shape index (κ2) is 15.7. The van der Waals surface area contributed by atoms with Crippen molar-refractivity contribution in [1.29, 1.82) is 0 Å². The Hall–Kier alpha value is -1.22. The van der Waals surface area contributed by atoms with Crippen molar-refractivity contribution in [1.82, 2.24) is 15.5 Å². The third kappa shape index (κ3) is 9.82. The lowest BCUT2D eigenvalue weighted by atomic mass is 10.1. The number of nitrogens with zero attached hydrogens (tertiary/aromatic N) is 2. The number of methoxy groups -OCH3 is 1. The van der Waals surface area contributed by atoms with Crippen LogP contribution >= 0.6 is 24.0 Å². The number of aliphatic imine (C=N–C) groups is 1. The van der Waals surface area contributed by atoms with Crippen LogP contribution in [0.3, 0.4) is 0 Å². The molecule has 0 aliphatic heterocycles. The lowest BCUT2D eigenvalue weighted by Crippen LogP contribution is -2.42. The molecule has 1 unspecified atom stereocenters. The molecule has 7 heteroatoms. The number of hydrogen-bond donors (Lipinski definition) is 2. The second-order valence-electron chi connectivity index (χ2n) is 6.56. The van der Waals surface area contributed by atoms with E-state index in [1.54, 1.807) is 14.2 Å². The average Bonchev–Trinajstić information content (AvgIpc) is 2.69. The zero-order valence-electron chi connectivity index (χ0n) is 18.4. The Morgan fingerprint density at radius 1 is 1.18 bits per heavy atom. The van der Waals surface area contributed by atoms with E-state index in [9.17, 15) is 0 Å². The molecule has 1 aromatic carbocycles. The first-order valence-electron chi connectivity index (χ1n) is 10.1. The summed E-state index contributed by atoms with van der Waals surface area (Å²) in [7, 11) is 3.46. The van der Waals surface area contributed by atoms with Gasteiger partial charge in [-0.05, 0) is 64.0 Å². The van der Waals surface area contributed by atoms with Crippen LogP contribution in [0, 0.1) is 0 Å². The van der Waals surface area contributed by atoms with E-state index in [0.717, 1.165) is 49.1 Å². The van der Waals surface area contributed by atoms with Crippen LogP contribution < -0.4 is 20.1 Å². The van der Waals surface area contributed by atoms with Gasteiger partial charge in [-0.15, -0.1) is 24.0 Å². The molecule has 162 valence electrons. The van der Waals surface area contributed by atoms with Gasteiger partial charge in [0.1, 0.15) is 0 Å². The quantitative estimate of drug-likeness (QED) is 0.256. The number of guanidine groups is 1. The van der Waals surface area contributed by atoms with Gasteiger partial charge in [0.2, 0.25) is 0 Å². The van der Waals surface area contributed by atoms with Gasteiger partial charge in [-0.1, -0.05) is 19.9 Å². The fourth-order valence-corrected chi connectivity index (χ4v) is 2.94. The zero-order chi connectivity index (χ0) is 20.1. The number of rotatable bonds is 12. The monoisotopic (exact) mass is 506 g/mol. The number of ether oxygens (including phenoxy) is 2. The second-order valence-corrected chi connectivity index (χ2v) is 6.56. The summed E-state index contributed by atoms with van der Waals surface area (Å²) in [6.45, 7) is 13.3. The smallest absolute Gasteiger partial charge is 0.191 e. The molecule has 0 fully saturated rings. The van der Waals surface area contributed by atoms with Crippen LogP contribution in [-0.4, -0.2) is 57.3 Å². The summed E-state index contributed by atoms with van der Waals surface area (Å²) in [5, 5.41) is 6.84. The molecule has 0 bridgehead atoms. The third-order valence-electron chi connectivity index (χ3n) is 4.60. The summed E-state index contributed by atoms with van der Waals surface area (Å²) in [4.78, 5) is 6.79. The molecule has 0 heterocycles. The summed E-state index contributed by atoms with van der Waals surface area (Å²) in [6.07, 6.45) is 2.30. The highest BCUT2D eigenvalue weighted by Gasteiger charge is 2.08. The molecular formula is C21H39IN4O2. The fourth-order valence-electron chi connectivity index (χ4n) is 2.94. The van der Waals surface area contributed by atoms with E-state index in [-0.39, 0.29) is 24.0 Å². The Bertz CT molecular complexity index is 565. The van der Waals surface area contributed by atoms with Crippen LogP contribution in [0.1, 0.15) is 46.1 Å². The van der Waals surface area contributed by atoms with Crippen LogP contribution in [0.4, 0.5) is 0 Å². The Morgan fingerprint density at radius 3 is 2.46 bits per heavy atom. The highest BCUT2D eigenvalue weighted by atomic mass is 127. The van der Waals surface area contributed by atoms with Crippen LogP contribution in [0.15, 0.2) is 23.2 Å². The number of halogens is 1. The van der Waals surface area contributed by atoms with Crippen LogP contribution in [0.5, 0.6) is 11.5 Å². The highest BCUT2D eigenvalue weighted by Crippen LogP contribution is 2.27. The maximum Gasteiger partial charge on any atom is 0.191 e. The molecule has 1 atom stereocenters. The Balaban J connectivity index is 0.00000729. The van der Waals surface area contributed by atoms with Crippen molar-refractivity contribution in [2.45, 2.75) is 53.1 Å². The number of benzene rings is 1. The van der Waals surface area contributed by atoms with E-state index in [2.05, 4.69) is 41.3 Å². The van der Waals surface area contributed by atoms with E-state index in [1.165, 1.54) is 6.42 Å². The zero-order valence-corrected chi connectivity index (χ0v) is 20.7. The Kier molecular flexibility index (Phi) is 15.0. The molecule has 0 aliphatic rings. The van der Waals surface area contributed by atoms with E-state index in [4.69, 9.17) is 9.47 Å². The Labute approximate surface area is 188 Å². The van der Waals surface area contributed by atoms with Crippen molar-refractivity contribution >= 4 is 29.9 Å². The molecule has 1 rings (SSSR count). The van der Waals surface area contributed by atoms with Crippen molar-refractivity contribution in [3.8, 4) is 11.5 Å². The molecule has 28 heavy (non-hydrogen) atoms. The third-order valence-corrected chi connectivity index (χ3v) is 4.60. The molecule has 1 aromatic rings. The summed E-state index contributed by atoms with van der Waals surface area (Å²) in [5.74, 6) is 2.34. The van der Waals surface area contributed by atoms with E-state index >= 15 is 0 Å². The predicted octanol–water partition coefficient (Wildman–Crippen LogP) is 3.89. The number of hydrogen-bond acceptors (Lipinski definition) is 4. The van der Waals surface area contributed by atoms with Crippen LogP contribution in [-0.2, 0) is 6.54 Å². The molecule has 6 nitrogen and oxygen atoms in total. The highest BCUT2D eigenvalue weighted by molar-refractivity contribution is 14.0. The van der Waals surface area contributed by atoms with E-state index in [1.807, 2.05) is 25.1 Å². The van der Waals surface area contributed by atoms with E-state index in [0.29, 0.717) is 19.2 Å². The van der Waals surface area contributed by atoms with Gasteiger partial charge >= 0.3 is 0 Å². The standard InChI is InChI=1S/C21H38N4O2.HI/c1-7-25(8-2)14-10-11-17(4)24-21(22-5)23-16-18-12-13-19(27-9-3)20(15-18)26-6;/h12-13,15,17H,7-11,14,16H2,1-6H3,(H2,22,23,24);1H. The molecule has 0 aliphatic carbocycles. The first kappa shape index (κ1) is 26.8. The lowest BCUT2D eigenvalue weighted by molar-refractivity contribution is 0.292. The SMILES string of the molecule is CCOc1ccc(CNC(=NC)NC(C)CCCN(CC)CC)cc1OC.I. The molecule has 0 aromatic heterocycles. The molecular weight excluding hydrogens is 467 g/mol. The van der Waals surface area contributed by atoms with Gasteiger partial charge in [-0.3, -0.25) is 4.99 Å². The fraction of sp³-hybridized carbons (Fsp3) is 0.667. The van der Waals surface area contributed by atoms with Crippen molar-refractivity contribution < 1.29 is 9.47 Å².